The van der Waals surface area contributed by atoms with Gasteiger partial charge in [0.25, 0.3) is 0 Å². The van der Waals surface area contributed by atoms with Gasteiger partial charge in [-0.25, -0.2) is 0 Å². The van der Waals surface area contributed by atoms with E-state index in [9.17, 15) is 0 Å². The summed E-state index contributed by atoms with van der Waals surface area (Å²) in [5.74, 6) is 0.845. The molecule has 84 valence electrons. The number of hydrogen-bond donors (Lipinski definition) is 1. The van der Waals surface area contributed by atoms with Crippen LogP contribution in [0.5, 0.6) is 5.75 Å². The molecule has 0 aromatic heterocycles. The number of nitrogens with one attached hydrogen (secondary N) is 1. The fourth-order valence-electron chi connectivity index (χ4n) is 1.30. The number of methoxy groups -OCH3 is 1. The maximum absolute atomic E-state index is 5.30. The highest BCUT2D eigenvalue weighted by molar-refractivity contribution is 5.27. The summed E-state index contributed by atoms with van der Waals surface area (Å²) in [6.07, 6.45) is 1.03. The van der Waals surface area contributed by atoms with Crippen LogP contribution in [-0.4, -0.2) is 27.0 Å². The maximum Gasteiger partial charge on any atom is 0.188 e. The van der Waals surface area contributed by atoms with Crippen molar-refractivity contribution in [2.75, 3.05) is 21.0 Å². The summed E-state index contributed by atoms with van der Waals surface area (Å²) in [6.45, 7) is 2.46. The second-order valence-corrected chi connectivity index (χ2v) is 3.59. The van der Waals surface area contributed by atoms with Gasteiger partial charge in [-0.3, -0.25) is 0 Å². The molecule has 0 bridgehead atoms. The third kappa shape index (κ3) is 4.32. The van der Waals surface area contributed by atoms with Gasteiger partial charge in [-0.1, -0.05) is 12.1 Å². The van der Waals surface area contributed by atoms with Crippen molar-refractivity contribution in [1.29, 1.82) is 0 Å². The Hall–Kier alpha value is -1.06. The minimum Gasteiger partial charge on any atom is -0.468 e. The summed E-state index contributed by atoms with van der Waals surface area (Å²) >= 11 is 0. The van der Waals surface area contributed by atoms with E-state index in [4.69, 9.17) is 9.47 Å². The first-order valence-corrected chi connectivity index (χ1v) is 5.14. The molecule has 0 saturated heterocycles. The summed E-state index contributed by atoms with van der Waals surface area (Å²) in [5.41, 5.74) is 1.31. The monoisotopic (exact) mass is 209 g/mol. The van der Waals surface area contributed by atoms with Gasteiger partial charge in [0.1, 0.15) is 5.75 Å². The normalized spacial score (nSPS) is 12.5. The minimum absolute atomic E-state index is 0.298. The lowest BCUT2D eigenvalue weighted by Crippen LogP contribution is -2.23. The molecule has 3 nitrogen and oxygen atoms in total. The summed E-state index contributed by atoms with van der Waals surface area (Å²) in [5, 5.41) is 3.21. The molecule has 15 heavy (non-hydrogen) atoms. The lowest BCUT2D eigenvalue weighted by molar-refractivity contribution is 0.0511. The van der Waals surface area contributed by atoms with Gasteiger partial charge in [0.2, 0.25) is 0 Å². The van der Waals surface area contributed by atoms with Crippen LogP contribution in [0.1, 0.15) is 12.5 Å². The van der Waals surface area contributed by atoms with Crippen LogP contribution in [0.2, 0.25) is 0 Å². The minimum atomic E-state index is 0.298. The van der Waals surface area contributed by atoms with Crippen molar-refractivity contribution < 1.29 is 9.47 Å². The molecular formula is C12H19NO2. The Bertz CT molecular complexity index is 271. The highest BCUT2D eigenvalue weighted by Crippen LogP contribution is 2.13. The molecule has 0 spiro atoms. The fourth-order valence-corrected chi connectivity index (χ4v) is 1.30. The molecule has 1 aromatic carbocycles. The van der Waals surface area contributed by atoms with Gasteiger partial charge in [-0.05, 0) is 38.1 Å². The van der Waals surface area contributed by atoms with Crippen LogP contribution < -0.4 is 10.1 Å². The van der Waals surface area contributed by atoms with Crippen molar-refractivity contribution in [1.82, 2.24) is 5.32 Å². The number of hydrogen-bond acceptors (Lipinski definition) is 3. The van der Waals surface area contributed by atoms with Crippen molar-refractivity contribution in [3.05, 3.63) is 29.8 Å². The molecule has 1 rings (SSSR count). The third-order valence-electron chi connectivity index (χ3n) is 2.30. The lowest BCUT2D eigenvalue weighted by Gasteiger charge is -2.10. The summed E-state index contributed by atoms with van der Waals surface area (Å²) in [7, 11) is 3.59. The van der Waals surface area contributed by atoms with Gasteiger partial charge < -0.3 is 14.8 Å². The second kappa shape index (κ2) is 6.43. The fraction of sp³-hybridized carbons (Fsp3) is 0.500. The molecular weight excluding hydrogens is 190 g/mol. The molecule has 0 radical (unpaired) electrons. The SMILES string of the molecule is CNC(C)Cc1ccc(OCOC)cc1. The van der Waals surface area contributed by atoms with Crippen LogP contribution in [0, 0.1) is 0 Å². The van der Waals surface area contributed by atoms with Gasteiger partial charge in [-0.15, -0.1) is 0 Å². The smallest absolute Gasteiger partial charge is 0.188 e. The van der Waals surface area contributed by atoms with Crippen LogP contribution in [0.3, 0.4) is 0 Å². The van der Waals surface area contributed by atoms with Gasteiger partial charge in [0.05, 0.1) is 0 Å². The Labute approximate surface area is 91.4 Å². The molecule has 0 heterocycles. The van der Waals surface area contributed by atoms with Gasteiger partial charge in [0.15, 0.2) is 6.79 Å². The van der Waals surface area contributed by atoms with Crippen molar-refractivity contribution in [2.24, 2.45) is 0 Å². The molecule has 0 fully saturated rings. The Kier molecular flexibility index (Phi) is 5.15. The Morgan fingerprint density at radius 2 is 1.93 bits per heavy atom. The second-order valence-electron chi connectivity index (χ2n) is 3.59. The molecule has 1 aromatic rings. The van der Waals surface area contributed by atoms with E-state index < -0.39 is 0 Å². The van der Waals surface area contributed by atoms with E-state index in [2.05, 4.69) is 24.4 Å². The third-order valence-corrected chi connectivity index (χ3v) is 2.30. The zero-order valence-electron chi connectivity index (χ0n) is 9.62. The van der Waals surface area contributed by atoms with Crippen molar-refractivity contribution in [3.63, 3.8) is 0 Å². The largest absolute Gasteiger partial charge is 0.468 e. The van der Waals surface area contributed by atoms with E-state index in [0.717, 1.165) is 12.2 Å². The van der Waals surface area contributed by atoms with E-state index >= 15 is 0 Å². The molecule has 1 atom stereocenters. The van der Waals surface area contributed by atoms with Crippen LogP contribution in [-0.2, 0) is 11.2 Å². The first kappa shape index (κ1) is 12.0. The average molecular weight is 209 g/mol. The van der Waals surface area contributed by atoms with E-state index in [1.54, 1.807) is 7.11 Å². The van der Waals surface area contributed by atoms with E-state index in [-0.39, 0.29) is 0 Å². The van der Waals surface area contributed by atoms with Gasteiger partial charge in [0, 0.05) is 13.2 Å². The van der Waals surface area contributed by atoms with Crippen molar-refractivity contribution in [2.45, 2.75) is 19.4 Å². The predicted molar refractivity (Wildman–Crippen MR) is 61.2 cm³/mol. The quantitative estimate of drug-likeness (QED) is 0.725. The summed E-state index contributed by atoms with van der Waals surface area (Å²) < 4.78 is 10.1. The molecule has 0 aliphatic heterocycles. The molecule has 1 N–H and O–H groups in total. The number of ether oxygens (including phenoxy) is 2. The first-order valence-electron chi connectivity index (χ1n) is 5.14. The van der Waals surface area contributed by atoms with Crippen LogP contribution in [0.25, 0.3) is 0 Å². The van der Waals surface area contributed by atoms with Crippen molar-refractivity contribution in [3.8, 4) is 5.75 Å². The lowest BCUT2D eigenvalue weighted by atomic mass is 10.1. The van der Waals surface area contributed by atoms with Gasteiger partial charge >= 0.3 is 0 Å². The van der Waals surface area contributed by atoms with E-state index in [1.165, 1.54) is 5.56 Å². The van der Waals surface area contributed by atoms with Crippen LogP contribution >= 0.6 is 0 Å². The number of benzene rings is 1. The average Bonchev–Trinajstić information content (AvgIpc) is 2.28. The zero-order chi connectivity index (χ0) is 11.1. The highest BCUT2D eigenvalue weighted by Gasteiger charge is 2.00. The van der Waals surface area contributed by atoms with Crippen LogP contribution in [0.4, 0.5) is 0 Å². The van der Waals surface area contributed by atoms with E-state index in [1.807, 2.05) is 19.2 Å². The molecule has 1 unspecified atom stereocenters. The Balaban J connectivity index is 2.48. The topological polar surface area (TPSA) is 30.5 Å². The highest BCUT2D eigenvalue weighted by atomic mass is 16.7. The number of likely N-dealkylation sites (N-methyl/N-ethyl adjacent to an activating group) is 1. The summed E-state index contributed by atoms with van der Waals surface area (Å²) in [4.78, 5) is 0. The maximum atomic E-state index is 5.30. The first-order chi connectivity index (χ1) is 7.26. The Morgan fingerprint density at radius 3 is 2.47 bits per heavy atom. The molecule has 0 aliphatic carbocycles. The summed E-state index contributed by atoms with van der Waals surface area (Å²) in [6, 6.07) is 8.60. The molecule has 0 aliphatic rings. The van der Waals surface area contributed by atoms with Gasteiger partial charge in [-0.2, -0.15) is 0 Å². The molecule has 0 saturated carbocycles. The zero-order valence-corrected chi connectivity index (χ0v) is 9.62. The molecule has 0 amide bonds. The van der Waals surface area contributed by atoms with Crippen LogP contribution in [0.15, 0.2) is 24.3 Å². The number of rotatable bonds is 6. The Morgan fingerprint density at radius 1 is 1.27 bits per heavy atom. The van der Waals surface area contributed by atoms with Crippen molar-refractivity contribution >= 4 is 0 Å². The molecule has 3 heteroatoms. The van der Waals surface area contributed by atoms with E-state index in [0.29, 0.717) is 12.8 Å². The standard InChI is InChI=1S/C12H19NO2/c1-10(13-2)8-11-4-6-12(7-5-11)15-9-14-3/h4-7,10,13H,8-9H2,1-3H3. The predicted octanol–water partition coefficient (Wildman–Crippen LogP) is 1.82.